The largest absolute Gasteiger partial charge is 0.490 e. The Balaban J connectivity index is 0.000000245. The summed E-state index contributed by atoms with van der Waals surface area (Å²) < 4.78 is 0. The van der Waals surface area contributed by atoms with Gasteiger partial charge in [-0.15, -0.1) is 0 Å². The summed E-state index contributed by atoms with van der Waals surface area (Å²) in [6, 6.07) is 10.3. The van der Waals surface area contributed by atoms with E-state index in [1.54, 1.807) is 0 Å². The molecule has 0 aliphatic heterocycles. The van der Waals surface area contributed by atoms with E-state index in [4.69, 9.17) is 9.90 Å². The lowest BCUT2D eigenvalue weighted by Gasteiger charge is -1.97. The molecular formula is C11H10BNO2. The predicted octanol–water partition coefficient (Wildman–Crippen LogP) is 2.38. The van der Waals surface area contributed by atoms with Gasteiger partial charge in [-0.05, 0) is 18.6 Å². The van der Waals surface area contributed by atoms with Crippen LogP contribution in [0.5, 0.6) is 0 Å². The van der Waals surface area contributed by atoms with Gasteiger partial charge in [-0.3, -0.25) is 9.78 Å². The molecule has 0 saturated carbocycles. The maximum atomic E-state index is 8.78. The fourth-order valence-corrected chi connectivity index (χ4v) is 1.26. The van der Waals surface area contributed by atoms with Crippen LogP contribution in [0.4, 0.5) is 4.79 Å². The van der Waals surface area contributed by atoms with Crippen LogP contribution in [0.15, 0.2) is 36.5 Å². The van der Waals surface area contributed by atoms with Crippen molar-refractivity contribution in [1.29, 1.82) is 0 Å². The number of aromatic nitrogens is 1. The van der Waals surface area contributed by atoms with Gasteiger partial charge in [0.25, 0.3) is 0 Å². The molecule has 1 heterocycles. The lowest BCUT2D eigenvalue weighted by Crippen LogP contribution is -1.83. The zero-order valence-electron chi connectivity index (χ0n) is 8.34. The topological polar surface area (TPSA) is 50.2 Å². The number of nitrogens with zero attached hydrogens (tertiary/aromatic N) is 1. The van der Waals surface area contributed by atoms with Crippen molar-refractivity contribution in [2.75, 3.05) is 0 Å². The van der Waals surface area contributed by atoms with E-state index in [2.05, 4.69) is 44.0 Å². The Hall–Kier alpha value is -1.84. The Morgan fingerprint density at radius 2 is 1.93 bits per heavy atom. The van der Waals surface area contributed by atoms with Gasteiger partial charge in [0.05, 0.1) is 5.52 Å². The van der Waals surface area contributed by atoms with Crippen LogP contribution in [0, 0.1) is 6.92 Å². The predicted molar refractivity (Wildman–Crippen MR) is 60.3 cm³/mol. The van der Waals surface area contributed by atoms with E-state index in [1.807, 2.05) is 12.3 Å². The van der Waals surface area contributed by atoms with Crippen LogP contribution in [0.1, 0.15) is 5.56 Å². The molecule has 15 heavy (non-hydrogen) atoms. The highest BCUT2D eigenvalue weighted by molar-refractivity contribution is 6.54. The number of hydrogen-bond acceptors (Lipinski definition) is 2. The first-order chi connectivity index (χ1) is 7.11. The third kappa shape index (κ3) is 3.42. The van der Waals surface area contributed by atoms with E-state index >= 15 is 0 Å². The number of fused-ring (bicyclic) bond motifs is 1. The quantitative estimate of drug-likeness (QED) is 0.662. The van der Waals surface area contributed by atoms with Crippen LogP contribution in [0.2, 0.25) is 0 Å². The van der Waals surface area contributed by atoms with E-state index < -0.39 is 5.87 Å². The summed E-state index contributed by atoms with van der Waals surface area (Å²) in [5, 5.41) is 8.41. The van der Waals surface area contributed by atoms with Crippen LogP contribution >= 0.6 is 0 Å². The van der Waals surface area contributed by atoms with Crippen molar-refractivity contribution < 1.29 is 9.90 Å². The van der Waals surface area contributed by atoms with Crippen molar-refractivity contribution in [3.63, 3.8) is 0 Å². The summed E-state index contributed by atoms with van der Waals surface area (Å²) >= 11 is 0. The maximum Gasteiger partial charge on any atom is 0.233 e. The van der Waals surface area contributed by atoms with E-state index in [0.717, 1.165) is 5.52 Å². The van der Waals surface area contributed by atoms with Gasteiger partial charge in [0.2, 0.25) is 13.7 Å². The lowest BCUT2D eigenvalue weighted by molar-refractivity contribution is 0.220. The van der Waals surface area contributed by atoms with Gasteiger partial charge in [0.1, 0.15) is 0 Å². The summed E-state index contributed by atoms with van der Waals surface area (Å²) in [6.45, 7) is 2.08. The van der Waals surface area contributed by atoms with Gasteiger partial charge in [0, 0.05) is 11.6 Å². The molecule has 74 valence electrons. The van der Waals surface area contributed by atoms with Crippen LogP contribution < -0.4 is 0 Å². The van der Waals surface area contributed by atoms with Gasteiger partial charge in [-0.25, -0.2) is 0 Å². The molecule has 1 aromatic heterocycles. The third-order valence-corrected chi connectivity index (χ3v) is 1.83. The van der Waals surface area contributed by atoms with E-state index in [9.17, 15) is 0 Å². The Bertz CT molecular complexity index is 462. The summed E-state index contributed by atoms with van der Waals surface area (Å²) in [5.74, 6) is -1.33. The van der Waals surface area contributed by atoms with E-state index in [0.29, 0.717) is 0 Å². The monoisotopic (exact) mass is 199 g/mol. The molecule has 3 nitrogen and oxygen atoms in total. The van der Waals surface area contributed by atoms with Crippen molar-refractivity contribution in [1.82, 2.24) is 4.98 Å². The molecule has 0 aliphatic carbocycles. The molecule has 0 spiro atoms. The number of benzene rings is 1. The lowest BCUT2D eigenvalue weighted by atomic mass is 10.1. The number of rotatable bonds is 0. The zero-order valence-corrected chi connectivity index (χ0v) is 8.34. The molecule has 0 aliphatic rings. The van der Waals surface area contributed by atoms with Gasteiger partial charge in [0.15, 0.2) is 0 Å². The average Bonchev–Trinajstić information content (AvgIpc) is 2.18. The molecule has 1 aromatic carbocycles. The molecule has 0 unspecified atom stereocenters. The maximum absolute atomic E-state index is 8.78. The second-order valence-corrected chi connectivity index (χ2v) is 2.99. The van der Waals surface area contributed by atoms with Crippen LogP contribution in [0.25, 0.3) is 10.9 Å². The minimum absolute atomic E-state index is 1.11. The number of para-hydroxylation sites is 1. The third-order valence-electron chi connectivity index (χ3n) is 1.83. The number of carboxylic acid groups (broad SMARTS) is 1. The van der Waals surface area contributed by atoms with Crippen molar-refractivity contribution in [3.05, 3.63) is 42.1 Å². The first-order valence-electron chi connectivity index (χ1n) is 4.40. The van der Waals surface area contributed by atoms with Crippen molar-refractivity contribution in [2.24, 2.45) is 0 Å². The molecule has 1 N–H and O–H groups in total. The van der Waals surface area contributed by atoms with Crippen molar-refractivity contribution in [3.8, 4) is 0 Å². The molecule has 0 bridgehead atoms. The minimum atomic E-state index is -1.33. The highest BCUT2D eigenvalue weighted by Crippen LogP contribution is 2.13. The Morgan fingerprint density at radius 1 is 1.33 bits per heavy atom. The molecular weight excluding hydrogens is 189 g/mol. The summed E-state index contributed by atoms with van der Waals surface area (Å²) in [5.41, 5.74) is 2.35. The van der Waals surface area contributed by atoms with Crippen molar-refractivity contribution in [2.45, 2.75) is 6.92 Å². The molecule has 0 saturated heterocycles. The Kier molecular flexibility index (Phi) is 3.86. The van der Waals surface area contributed by atoms with E-state index in [1.165, 1.54) is 10.9 Å². The molecule has 2 radical (unpaired) electrons. The Morgan fingerprint density at radius 3 is 2.53 bits per heavy atom. The first kappa shape index (κ1) is 11.2. The van der Waals surface area contributed by atoms with Gasteiger partial charge in [-0.2, -0.15) is 0 Å². The summed E-state index contributed by atoms with van der Waals surface area (Å²) in [7, 11) is 4.03. The molecule has 0 amide bonds. The van der Waals surface area contributed by atoms with Crippen LogP contribution in [-0.2, 0) is 0 Å². The van der Waals surface area contributed by atoms with Gasteiger partial charge < -0.3 is 5.11 Å². The number of hydrogen-bond donors (Lipinski definition) is 1. The molecule has 2 rings (SSSR count). The number of carbonyl (C=O) groups is 1. The second-order valence-electron chi connectivity index (χ2n) is 2.99. The van der Waals surface area contributed by atoms with Crippen LogP contribution in [-0.4, -0.2) is 23.8 Å². The summed E-state index contributed by atoms with van der Waals surface area (Å²) in [4.78, 5) is 13.1. The fourth-order valence-electron chi connectivity index (χ4n) is 1.26. The highest BCUT2D eigenvalue weighted by Gasteiger charge is 1.93. The molecule has 4 heteroatoms. The number of aryl methyl sites for hydroxylation is 1. The smallest absolute Gasteiger partial charge is 0.233 e. The average molecular weight is 199 g/mol. The normalized spacial score (nSPS) is 9.13. The fraction of sp³-hybridized carbons (Fsp3) is 0.0909. The summed E-state index contributed by atoms with van der Waals surface area (Å²) in [6.07, 6.45) is 1.83. The van der Waals surface area contributed by atoms with Crippen LogP contribution in [0.3, 0.4) is 0 Å². The van der Waals surface area contributed by atoms with Gasteiger partial charge >= 0.3 is 0 Å². The molecule has 0 fully saturated rings. The second kappa shape index (κ2) is 5.15. The first-order valence-corrected chi connectivity index (χ1v) is 4.40. The highest BCUT2D eigenvalue weighted by atomic mass is 16.4. The standard InChI is InChI=1S/C10H9N.CHBO2/c1-8-4-2-5-9-6-3-7-11-10(8)9;2-1(3)4/h2-7H,1H3;(H,3,4). The van der Waals surface area contributed by atoms with Crippen molar-refractivity contribution >= 4 is 24.6 Å². The minimum Gasteiger partial charge on any atom is -0.490 e. The Labute approximate surface area is 89.2 Å². The molecule has 0 atom stereocenters. The van der Waals surface area contributed by atoms with Gasteiger partial charge in [-0.1, -0.05) is 24.3 Å². The number of pyridine rings is 1. The molecule has 2 aromatic rings. The van der Waals surface area contributed by atoms with E-state index in [-0.39, 0.29) is 0 Å². The zero-order chi connectivity index (χ0) is 11.3. The SMILES string of the molecule is Cc1cccc2cccnc12.[B]C(=O)O.